The van der Waals surface area contributed by atoms with Crippen LogP contribution in [0.3, 0.4) is 0 Å². The molecule has 0 saturated heterocycles. The molecule has 0 saturated carbocycles. The van der Waals surface area contributed by atoms with Crippen LogP contribution in [-0.2, 0) is 6.42 Å². The molecule has 0 bridgehead atoms. The van der Waals surface area contributed by atoms with E-state index in [1.54, 1.807) is 12.1 Å². The average Bonchev–Trinajstić information content (AvgIpc) is 2.16. The monoisotopic (exact) mass is 193 g/mol. The molecule has 0 aliphatic carbocycles. The molecular weight excluding hydrogens is 174 g/mol. The fourth-order valence-corrected chi connectivity index (χ4v) is 1.42. The van der Waals surface area contributed by atoms with E-state index in [0.29, 0.717) is 5.69 Å². The van der Waals surface area contributed by atoms with Crippen molar-refractivity contribution >= 4 is 5.69 Å². The molecule has 0 aromatic heterocycles. The highest BCUT2D eigenvalue weighted by atomic mass is 16.3. The second-order valence-electron chi connectivity index (χ2n) is 3.94. The number of aromatic hydroxyl groups is 1. The van der Waals surface area contributed by atoms with Crippen molar-refractivity contribution in [2.24, 2.45) is 5.92 Å². The van der Waals surface area contributed by atoms with Gasteiger partial charge in [-0.1, -0.05) is 26.3 Å². The second-order valence-corrected chi connectivity index (χ2v) is 3.94. The summed E-state index contributed by atoms with van der Waals surface area (Å²) in [6, 6.07) is 5.22. The van der Waals surface area contributed by atoms with Crippen LogP contribution in [0.5, 0.6) is 5.75 Å². The molecule has 0 radical (unpaired) electrons. The highest BCUT2D eigenvalue weighted by Gasteiger charge is 2.03. The molecule has 0 aliphatic heterocycles. The number of nitrogens with two attached hydrogens (primary N) is 1. The van der Waals surface area contributed by atoms with Crippen molar-refractivity contribution in [3.63, 3.8) is 0 Å². The van der Waals surface area contributed by atoms with Crippen molar-refractivity contribution in [1.82, 2.24) is 0 Å². The molecule has 2 nitrogen and oxygen atoms in total. The van der Waals surface area contributed by atoms with E-state index in [-0.39, 0.29) is 5.75 Å². The van der Waals surface area contributed by atoms with Crippen LogP contribution in [0.4, 0.5) is 5.69 Å². The fraction of sp³-hybridized carbons (Fsp3) is 0.500. The molecule has 3 N–H and O–H groups in total. The van der Waals surface area contributed by atoms with Gasteiger partial charge in [-0.05, 0) is 30.4 Å². The molecule has 0 heterocycles. The van der Waals surface area contributed by atoms with Crippen molar-refractivity contribution < 1.29 is 5.11 Å². The summed E-state index contributed by atoms with van der Waals surface area (Å²) in [6.45, 7) is 4.45. The van der Waals surface area contributed by atoms with Gasteiger partial charge in [0.15, 0.2) is 0 Å². The van der Waals surface area contributed by atoms with Crippen LogP contribution < -0.4 is 5.73 Å². The van der Waals surface area contributed by atoms with E-state index in [4.69, 9.17) is 5.73 Å². The maximum absolute atomic E-state index is 9.18. The van der Waals surface area contributed by atoms with E-state index in [9.17, 15) is 5.11 Å². The molecule has 0 amide bonds. The molecule has 1 aromatic rings. The summed E-state index contributed by atoms with van der Waals surface area (Å²) in [4.78, 5) is 0. The van der Waals surface area contributed by atoms with Gasteiger partial charge in [0.25, 0.3) is 0 Å². The van der Waals surface area contributed by atoms with Gasteiger partial charge < -0.3 is 10.8 Å². The van der Waals surface area contributed by atoms with Gasteiger partial charge in [0.05, 0.1) is 0 Å². The topological polar surface area (TPSA) is 46.2 Å². The van der Waals surface area contributed by atoms with Crippen LogP contribution in [-0.4, -0.2) is 5.11 Å². The number of anilines is 1. The Hall–Kier alpha value is -1.18. The molecule has 1 atom stereocenters. The molecule has 14 heavy (non-hydrogen) atoms. The smallest absolute Gasteiger partial charge is 0.117 e. The zero-order chi connectivity index (χ0) is 10.6. The predicted octanol–water partition coefficient (Wildman–Crippen LogP) is 2.95. The van der Waals surface area contributed by atoms with E-state index >= 15 is 0 Å². The number of hydrogen-bond donors (Lipinski definition) is 2. The summed E-state index contributed by atoms with van der Waals surface area (Å²) in [5.41, 5.74) is 7.63. The summed E-state index contributed by atoms with van der Waals surface area (Å²) in [7, 11) is 0. The van der Waals surface area contributed by atoms with E-state index in [1.807, 2.05) is 6.07 Å². The molecule has 1 rings (SSSR count). The lowest BCUT2D eigenvalue weighted by Crippen LogP contribution is -1.98. The first-order valence-electron chi connectivity index (χ1n) is 5.20. The van der Waals surface area contributed by atoms with Gasteiger partial charge in [-0.2, -0.15) is 0 Å². The molecule has 78 valence electrons. The molecule has 0 fully saturated rings. The first-order chi connectivity index (χ1) is 6.63. The quantitative estimate of drug-likeness (QED) is 0.722. The SMILES string of the molecule is CCC(C)CCc1ccc(O)cc1N. The van der Waals surface area contributed by atoms with Gasteiger partial charge in [-0.3, -0.25) is 0 Å². The zero-order valence-corrected chi connectivity index (χ0v) is 8.96. The Balaban J connectivity index is 2.59. The number of rotatable bonds is 4. The van der Waals surface area contributed by atoms with Gasteiger partial charge in [0, 0.05) is 11.8 Å². The van der Waals surface area contributed by atoms with E-state index in [0.717, 1.165) is 24.3 Å². The van der Waals surface area contributed by atoms with Crippen LogP contribution in [0.25, 0.3) is 0 Å². The van der Waals surface area contributed by atoms with Crippen molar-refractivity contribution in [1.29, 1.82) is 0 Å². The lowest BCUT2D eigenvalue weighted by Gasteiger charge is -2.09. The van der Waals surface area contributed by atoms with Crippen LogP contribution in [0.2, 0.25) is 0 Å². The number of phenols is 1. The number of aryl methyl sites for hydroxylation is 1. The lowest BCUT2D eigenvalue weighted by atomic mass is 9.98. The van der Waals surface area contributed by atoms with Crippen LogP contribution in [0, 0.1) is 5.92 Å². The zero-order valence-electron chi connectivity index (χ0n) is 8.96. The van der Waals surface area contributed by atoms with Gasteiger partial charge >= 0.3 is 0 Å². The van der Waals surface area contributed by atoms with Crippen molar-refractivity contribution in [3.05, 3.63) is 23.8 Å². The van der Waals surface area contributed by atoms with Crippen LogP contribution in [0.1, 0.15) is 32.3 Å². The summed E-state index contributed by atoms with van der Waals surface area (Å²) < 4.78 is 0. The first-order valence-corrected chi connectivity index (χ1v) is 5.20. The maximum Gasteiger partial charge on any atom is 0.117 e. The minimum atomic E-state index is 0.245. The van der Waals surface area contributed by atoms with Gasteiger partial charge in [-0.25, -0.2) is 0 Å². The summed E-state index contributed by atoms with van der Waals surface area (Å²) in [5, 5.41) is 9.18. The van der Waals surface area contributed by atoms with Crippen molar-refractivity contribution in [2.75, 3.05) is 5.73 Å². The van der Waals surface area contributed by atoms with E-state index in [2.05, 4.69) is 13.8 Å². The second kappa shape index (κ2) is 4.89. The minimum absolute atomic E-state index is 0.245. The van der Waals surface area contributed by atoms with Crippen molar-refractivity contribution in [3.8, 4) is 5.75 Å². The molecular formula is C12H19NO. The summed E-state index contributed by atoms with van der Waals surface area (Å²) in [5.74, 6) is 0.984. The first kappa shape index (κ1) is 10.9. The Bertz CT molecular complexity index is 296. The standard InChI is InChI=1S/C12H19NO/c1-3-9(2)4-5-10-6-7-11(14)8-12(10)13/h6-9,14H,3-5,13H2,1-2H3. The molecule has 0 aliphatic rings. The average molecular weight is 193 g/mol. The predicted molar refractivity (Wildman–Crippen MR) is 60.3 cm³/mol. The minimum Gasteiger partial charge on any atom is -0.508 e. The number of benzene rings is 1. The summed E-state index contributed by atoms with van der Waals surface area (Å²) in [6.07, 6.45) is 3.37. The Morgan fingerprint density at radius 2 is 2.14 bits per heavy atom. The molecule has 1 unspecified atom stereocenters. The Morgan fingerprint density at radius 3 is 2.71 bits per heavy atom. The Morgan fingerprint density at radius 1 is 1.43 bits per heavy atom. The van der Waals surface area contributed by atoms with Crippen LogP contribution >= 0.6 is 0 Å². The maximum atomic E-state index is 9.18. The Kier molecular flexibility index (Phi) is 3.81. The van der Waals surface area contributed by atoms with Crippen LogP contribution in [0.15, 0.2) is 18.2 Å². The highest BCUT2D eigenvalue weighted by Crippen LogP contribution is 2.21. The Labute approximate surface area is 85.8 Å². The third kappa shape index (κ3) is 2.95. The number of phenolic OH excluding ortho intramolecular Hbond substituents is 1. The summed E-state index contributed by atoms with van der Waals surface area (Å²) >= 11 is 0. The van der Waals surface area contributed by atoms with Gasteiger partial charge in [-0.15, -0.1) is 0 Å². The van der Waals surface area contributed by atoms with E-state index in [1.165, 1.54) is 6.42 Å². The van der Waals surface area contributed by atoms with Crippen molar-refractivity contribution in [2.45, 2.75) is 33.1 Å². The molecule has 1 aromatic carbocycles. The molecule has 0 spiro atoms. The lowest BCUT2D eigenvalue weighted by molar-refractivity contribution is 0.475. The third-order valence-corrected chi connectivity index (χ3v) is 2.73. The highest BCUT2D eigenvalue weighted by molar-refractivity contribution is 5.50. The van der Waals surface area contributed by atoms with Gasteiger partial charge in [0.1, 0.15) is 5.75 Å². The number of nitrogen functional groups attached to an aromatic ring is 1. The van der Waals surface area contributed by atoms with Gasteiger partial charge in [0.2, 0.25) is 0 Å². The third-order valence-electron chi connectivity index (χ3n) is 2.73. The fourth-order valence-electron chi connectivity index (χ4n) is 1.42. The normalized spacial score (nSPS) is 12.7. The number of hydrogen-bond acceptors (Lipinski definition) is 2. The molecule has 2 heteroatoms. The van der Waals surface area contributed by atoms with E-state index < -0.39 is 0 Å². The largest absolute Gasteiger partial charge is 0.508 e.